The number of hydrogen-bond donors (Lipinski definition) is 0. The molecular weight excluding hydrogens is 957 g/mol. The van der Waals surface area contributed by atoms with Crippen LogP contribution in [0.4, 0.5) is 39.8 Å². The monoisotopic (exact) mass is 1020 g/mol. The van der Waals surface area contributed by atoms with Crippen LogP contribution in [0.25, 0.3) is 27.8 Å². The Morgan fingerprint density at radius 1 is 0.228 bits per heavy atom. The maximum absolute atomic E-state index is 2.41. The Labute approximate surface area is 467 Å². The lowest BCUT2D eigenvalue weighted by atomic mass is 10.0. The standard InChI is InChI=1S/C75H64N4/c1-2-10-24-64(23-9-1)76(65-27-13-5-14-28-65)71-50-39-61(40-51-71)63-45-56-75(57-46-63)79(69-25-11-3-4-12-26-69)74-48-37-59(38-49-74)58-22-21-35-70(47-36-58)78(68-33-19-8-20-34-68)73-54-43-62(44-55-73)60-41-52-72(53-42-60)77(66-29-15-6-16-30-66)67-31-17-7-18-32-67/h1-3,5-6,9,11-17,19,22-57H,4,7-8,10,18,20-21H2. The van der Waals surface area contributed by atoms with Crippen LogP contribution < -0.4 is 19.6 Å². The van der Waals surface area contributed by atoms with E-state index in [-0.39, 0.29) is 0 Å². The molecule has 7 aromatic carbocycles. The van der Waals surface area contributed by atoms with E-state index in [0.29, 0.717) is 0 Å². The van der Waals surface area contributed by atoms with Crippen molar-refractivity contribution in [3.05, 3.63) is 338 Å². The molecule has 0 spiro atoms. The van der Waals surface area contributed by atoms with Gasteiger partial charge in [0.05, 0.1) is 0 Å². The summed E-state index contributed by atoms with van der Waals surface area (Å²) in [4.78, 5) is 9.45. The third-order valence-corrected chi connectivity index (χ3v) is 14.9. The Morgan fingerprint density at radius 3 is 1.14 bits per heavy atom. The highest BCUT2D eigenvalue weighted by molar-refractivity contribution is 5.82. The fourth-order valence-corrected chi connectivity index (χ4v) is 10.9. The van der Waals surface area contributed by atoms with E-state index in [2.05, 4.69) is 323 Å². The molecule has 0 N–H and O–H groups in total. The van der Waals surface area contributed by atoms with Gasteiger partial charge in [-0.1, -0.05) is 182 Å². The summed E-state index contributed by atoms with van der Waals surface area (Å²) in [5.41, 5.74) is 20.9. The summed E-state index contributed by atoms with van der Waals surface area (Å²) in [6.07, 6.45) is 51.9. The molecule has 0 unspecified atom stereocenters. The Hall–Kier alpha value is -9.64. The first-order valence-electron chi connectivity index (χ1n) is 27.9. The van der Waals surface area contributed by atoms with Crippen molar-refractivity contribution in [3.63, 3.8) is 0 Å². The van der Waals surface area contributed by atoms with Crippen molar-refractivity contribution in [1.82, 2.24) is 0 Å². The van der Waals surface area contributed by atoms with Gasteiger partial charge in [-0.2, -0.15) is 0 Å². The molecule has 4 nitrogen and oxygen atoms in total. The molecule has 4 heteroatoms. The van der Waals surface area contributed by atoms with Crippen LogP contribution in [0.1, 0.15) is 50.5 Å². The Kier molecular flexibility index (Phi) is 15.3. The number of para-hydroxylation sites is 2. The fourth-order valence-electron chi connectivity index (χ4n) is 10.9. The van der Waals surface area contributed by atoms with Crippen molar-refractivity contribution in [2.45, 2.75) is 44.9 Å². The molecule has 0 heterocycles. The molecule has 0 bridgehead atoms. The molecule has 5 aliphatic carbocycles. The van der Waals surface area contributed by atoms with Crippen molar-refractivity contribution in [3.8, 4) is 22.3 Å². The number of hydrogen-bond acceptors (Lipinski definition) is 4. The summed E-state index contributed by atoms with van der Waals surface area (Å²) >= 11 is 0. The van der Waals surface area contributed by atoms with E-state index in [1.54, 1.807) is 0 Å². The van der Waals surface area contributed by atoms with Crippen LogP contribution in [0.5, 0.6) is 0 Å². The first kappa shape index (κ1) is 50.2. The minimum atomic E-state index is 0.813. The third kappa shape index (κ3) is 11.6. The molecule has 0 atom stereocenters. The molecular formula is C75H64N4. The number of benzene rings is 7. The Morgan fingerprint density at radius 2 is 0.633 bits per heavy atom. The summed E-state index contributed by atoms with van der Waals surface area (Å²) in [6, 6.07) is 66.3. The molecule has 0 saturated carbocycles. The summed E-state index contributed by atoms with van der Waals surface area (Å²) < 4.78 is 0. The predicted molar refractivity (Wildman–Crippen MR) is 337 cm³/mol. The lowest BCUT2D eigenvalue weighted by molar-refractivity contribution is 0.985. The van der Waals surface area contributed by atoms with Gasteiger partial charge in [0.25, 0.3) is 0 Å². The lowest BCUT2D eigenvalue weighted by Crippen LogP contribution is -2.20. The average Bonchev–Trinajstić information content (AvgIpc) is 4.09. The van der Waals surface area contributed by atoms with E-state index in [0.717, 1.165) is 102 Å². The van der Waals surface area contributed by atoms with Crippen LogP contribution in [0.15, 0.2) is 332 Å². The molecule has 5 aliphatic rings. The van der Waals surface area contributed by atoms with Crippen molar-refractivity contribution in [1.29, 1.82) is 0 Å². The summed E-state index contributed by atoms with van der Waals surface area (Å²) in [6.45, 7) is 0. The molecule has 0 aliphatic heterocycles. The maximum Gasteiger partial charge on any atom is 0.0462 e. The highest BCUT2D eigenvalue weighted by Crippen LogP contribution is 2.39. The van der Waals surface area contributed by atoms with Crippen molar-refractivity contribution in [2.75, 3.05) is 19.6 Å². The van der Waals surface area contributed by atoms with Crippen molar-refractivity contribution in [2.24, 2.45) is 0 Å². The topological polar surface area (TPSA) is 13.0 Å². The smallest absolute Gasteiger partial charge is 0.0462 e. The second kappa shape index (κ2) is 24.1. The zero-order chi connectivity index (χ0) is 53.0. The second-order valence-electron chi connectivity index (χ2n) is 20.1. The number of nitrogens with zero attached hydrogens (tertiary/aromatic N) is 4. The molecule has 79 heavy (non-hydrogen) atoms. The number of allylic oxidation sites excluding steroid dienone is 21. The zero-order valence-corrected chi connectivity index (χ0v) is 44.6. The lowest BCUT2D eigenvalue weighted by Gasteiger charge is -2.29. The fraction of sp³-hybridized carbons (Fsp3) is 0.0933. The van der Waals surface area contributed by atoms with Gasteiger partial charge in [-0.25, -0.2) is 0 Å². The quantitative estimate of drug-likeness (QED) is 0.101. The first-order chi connectivity index (χ1) is 39.2. The molecule has 12 rings (SSSR count). The van der Waals surface area contributed by atoms with Crippen LogP contribution in [0.2, 0.25) is 0 Å². The van der Waals surface area contributed by atoms with Crippen molar-refractivity contribution >= 4 is 45.4 Å². The Balaban J connectivity index is 0.766. The van der Waals surface area contributed by atoms with E-state index in [1.807, 2.05) is 0 Å². The minimum Gasteiger partial charge on any atom is -0.311 e. The number of anilines is 7. The molecule has 0 amide bonds. The van der Waals surface area contributed by atoms with Gasteiger partial charge in [-0.15, -0.1) is 0 Å². The van der Waals surface area contributed by atoms with Crippen LogP contribution >= 0.6 is 0 Å². The average molecular weight is 1020 g/mol. The summed E-state index contributed by atoms with van der Waals surface area (Å²) in [5, 5.41) is 0. The summed E-state index contributed by atoms with van der Waals surface area (Å²) in [5.74, 6) is 0. The third-order valence-electron chi connectivity index (χ3n) is 14.9. The van der Waals surface area contributed by atoms with Gasteiger partial charge >= 0.3 is 0 Å². The predicted octanol–water partition coefficient (Wildman–Crippen LogP) is 20.4. The Bertz CT molecular complexity index is 3680. The molecule has 0 fully saturated rings. The maximum atomic E-state index is 2.41. The van der Waals surface area contributed by atoms with Gasteiger partial charge in [0.2, 0.25) is 0 Å². The normalized spacial score (nSPS) is 15.6. The first-order valence-corrected chi connectivity index (χ1v) is 27.9. The van der Waals surface area contributed by atoms with Gasteiger partial charge < -0.3 is 19.6 Å². The highest BCUT2D eigenvalue weighted by Gasteiger charge is 2.20. The molecule has 0 aromatic heterocycles. The van der Waals surface area contributed by atoms with Gasteiger partial charge in [0.1, 0.15) is 0 Å². The van der Waals surface area contributed by atoms with E-state index in [9.17, 15) is 0 Å². The van der Waals surface area contributed by atoms with Gasteiger partial charge in [0.15, 0.2) is 0 Å². The minimum absolute atomic E-state index is 0.813. The molecule has 0 radical (unpaired) electrons. The van der Waals surface area contributed by atoms with Crippen LogP contribution in [0, 0.1) is 0 Å². The van der Waals surface area contributed by atoms with Crippen LogP contribution in [-0.2, 0) is 0 Å². The van der Waals surface area contributed by atoms with Gasteiger partial charge in [-0.3, -0.25) is 0 Å². The van der Waals surface area contributed by atoms with Crippen molar-refractivity contribution < 1.29 is 0 Å². The SMILES string of the molecule is C1=CCC=CC(N(c2ccc(C3=CCC=C(N(C4=CCCC=C4)c4ccc(-c5ccc(N(C6=CCCC=C6)c6ccccc6)cc5)cc4)C=C3)cc2)c2ccc(-c3ccc(N(C4=CCC=CC=C4)c4ccccc4)cc3)cc2)=C1. The van der Waals surface area contributed by atoms with E-state index < -0.39 is 0 Å². The largest absolute Gasteiger partial charge is 0.311 e. The molecule has 7 aromatic rings. The summed E-state index contributed by atoms with van der Waals surface area (Å²) in [7, 11) is 0. The zero-order valence-electron chi connectivity index (χ0n) is 44.6. The molecule has 0 saturated heterocycles. The van der Waals surface area contributed by atoms with Crippen LogP contribution in [0.3, 0.4) is 0 Å². The highest BCUT2D eigenvalue weighted by atomic mass is 15.2. The van der Waals surface area contributed by atoms with E-state index >= 15 is 0 Å². The molecule has 384 valence electrons. The van der Waals surface area contributed by atoms with Crippen LogP contribution in [-0.4, -0.2) is 0 Å². The van der Waals surface area contributed by atoms with E-state index in [1.165, 1.54) is 44.8 Å². The number of rotatable bonds is 15. The van der Waals surface area contributed by atoms with Gasteiger partial charge in [0, 0.05) is 68.3 Å². The van der Waals surface area contributed by atoms with E-state index in [4.69, 9.17) is 0 Å². The van der Waals surface area contributed by atoms with Gasteiger partial charge in [-0.05, 0) is 200 Å². The second-order valence-corrected chi connectivity index (χ2v) is 20.1.